The quantitative estimate of drug-likeness (QED) is 0.203. The molecule has 0 saturated carbocycles. The maximum atomic E-state index is 14.0. The highest BCUT2D eigenvalue weighted by Gasteiger charge is 2.36. The topological polar surface area (TPSA) is 135 Å². The molecule has 196 valence electrons. The number of benzene rings is 5. The van der Waals surface area contributed by atoms with Crippen molar-refractivity contribution >= 4 is 41.5 Å². The van der Waals surface area contributed by atoms with E-state index in [1.165, 1.54) is 60.7 Å². The Balaban J connectivity index is 0.000000193. The first-order chi connectivity index (χ1) is 18.7. The summed E-state index contributed by atoms with van der Waals surface area (Å²) in [6, 6.07) is 31.3. The van der Waals surface area contributed by atoms with Crippen molar-refractivity contribution in [3.8, 4) is 28.7 Å². The van der Waals surface area contributed by atoms with Gasteiger partial charge < -0.3 is 30.1 Å². The first-order valence-corrected chi connectivity index (χ1v) is 14.7. The third-order valence-corrected chi connectivity index (χ3v) is 10.5. The van der Waals surface area contributed by atoms with Crippen LogP contribution in [-0.2, 0) is 9.13 Å². The number of rotatable bonds is 5. The molecule has 7 nitrogen and oxygen atoms in total. The van der Waals surface area contributed by atoms with Gasteiger partial charge in [-0.1, -0.05) is 41.0 Å². The standard InChI is InChI=1S/C18H15O4P.C12H9O3P/c19-13-7-1-4-10-16(13)23(22,17-11-5-2-8-14(17)20)18-12-6-3-9-15(18)21;13-9-1-5-11(6-2-9)16(15)12-7-3-10(14)4-8-12/h1-12,19-21H;1-8H,(H-,13,14,15)/p+1. The van der Waals surface area contributed by atoms with Gasteiger partial charge >= 0.3 is 7.80 Å². The molecule has 0 heterocycles. The van der Waals surface area contributed by atoms with Gasteiger partial charge in [-0.15, -0.1) is 0 Å². The molecule has 9 heteroatoms. The molecule has 0 amide bonds. The van der Waals surface area contributed by atoms with Crippen LogP contribution in [0.15, 0.2) is 121 Å². The Labute approximate surface area is 226 Å². The van der Waals surface area contributed by atoms with Crippen LogP contribution in [0.3, 0.4) is 0 Å². The van der Waals surface area contributed by atoms with Crippen LogP contribution in [0.2, 0.25) is 0 Å². The number of para-hydroxylation sites is 3. The average molecular weight is 559 g/mol. The summed E-state index contributed by atoms with van der Waals surface area (Å²) < 4.78 is 26.1. The van der Waals surface area contributed by atoms with Crippen molar-refractivity contribution in [2.75, 3.05) is 0 Å². The monoisotopic (exact) mass is 559 g/mol. The highest BCUT2D eigenvalue weighted by atomic mass is 31.2. The van der Waals surface area contributed by atoms with Crippen molar-refractivity contribution in [3.05, 3.63) is 121 Å². The van der Waals surface area contributed by atoms with Gasteiger partial charge in [-0.05, 0) is 84.9 Å². The van der Waals surface area contributed by atoms with E-state index in [2.05, 4.69) is 0 Å². The van der Waals surface area contributed by atoms with Gasteiger partial charge in [0.25, 0.3) is 0 Å². The summed E-state index contributed by atoms with van der Waals surface area (Å²) in [7, 11) is -5.31. The Morgan fingerprint density at radius 1 is 0.436 bits per heavy atom. The fraction of sp³-hybridized carbons (Fsp3) is 0. The summed E-state index contributed by atoms with van der Waals surface area (Å²) in [5.74, 6) is -0.150. The molecule has 39 heavy (non-hydrogen) atoms. The van der Waals surface area contributed by atoms with Crippen molar-refractivity contribution in [1.82, 2.24) is 0 Å². The number of phenolic OH excluding ortho intramolecular Hbond substituents is 5. The zero-order valence-corrected chi connectivity index (χ0v) is 22.3. The number of hydrogen-bond donors (Lipinski definition) is 5. The van der Waals surface area contributed by atoms with E-state index in [1.807, 2.05) is 0 Å². The Kier molecular flexibility index (Phi) is 8.36. The SMILES string of the molecule is O=P(c1ccccc1O)(c1ccccc1O)c1ccccc1O.O=[P+](c1ccc(O)cc1)c1ccc(O)cc1. The second-order valence-electron chi connectivity index (χ2n) is 8.40. The average Bonchev–Trinajstić information content (AvgIpc) is 2.94. The maximum Gasteiger partial charge on any atom is 0.415 e. The van der Waals surface area contributed by atoms with E-state index in [0.29, 0.717) is 10.6 Å². The zero-order valence-electron chi connectivity index (χ0n) is 20.5. The second kappa shape index (κ2) is 11.9. The summed E-state index contributed by atoms with van der Waals surface area (Å²) in [4.78, 5) is 0. The summed E-state index contributed by atoms with van der Waals surface area (Å²) >= 11 is 0. The molecule has 5 rings (SSSR count). The van der Waals surface area contributed by atoms with Gasteiger partial charge in [0.2, 0.25) is 0 Å². The summed E-state index contributed by atoms with van der Waals surface area (Å²) in [6.45, 7) is 0. The molecule has 0 saturated heterocycles. The van der Waals surface area contributed by atoms with Gasteiger partial charge in [-0.3, -0.25) is 0 Å². The molecular weight excluding hydrogens is 534 g/mol. The lowest BCUT2D eigenvalue weighted by Gasteiger charge is -2.22. The predicted molar refractivity (Wildman–Crippen MR) is 154 cm³/mol. The van der Waals surface area contributed by atoms with Gasteiger partial charge in [-0.25, -0.2) is 0 Å². The lowest BCUT2D eigenvalue weighted by Crippen LogP contribution is -2.25. The van der Waals surface area contributed by atoms with E-state index < -0.39 is 14.9 Å². The fourth-order valence-electron chi connectivity index (χ4n) is 3.91. The molecular formula is C30H25O7P2+. The lowest BCUT2D eigenvalue weighted by atomic mass is 10.3. The van der Waals surface area contributed by atoms with Gasteiger partial charge in [0.1, 0.15) is 28.7 Å². The van der Waals surface area contributed by atoms with E-state index in [1.54, 1.807) is 60.7 Å². The molecule has 0 fully saturated rings. The zero-order chi connectivity index (χ0) is 28.0. The highest BCUT2D eigenvalue weighted by molar-refractivity contribution is 7.85. The van der Waals surface area contributed by atoms with E-state index in [-0.39, 0.29) is 44.7 Å². The first-order valence-electron chi connectivity index (χ1n) is 11.7. The molecule has 0 aromatic heterocycles. The Bertz CT molecular complexity index is 1480. The van der Waals surface area contributed by atoms with Gasteiger partial charge in [0.05, 0.1) is 15.9 Å². The van der Waals surface area contributed by atoms with E-state index in [0.717, 1.165) is 0 Å². The van der Waals surface area contributed by atoms with Crippen molar-refractivity contribution in [2.45, 2.75) is 0 Å². The normalized spacial score (nSPS) is 10.8. The van der Waals surface area contributed by atoms with Gasteiger partial charge in [-0.2, -0.15) is 0 Å². The van der Waals surface area contributed by atoms with Crippen LogP contribution in [0.5, 0.6) is 28.7 Å². The minimum Gasteiger partial charge on any atom is -0.508 e. The summed E-state index contributed by atoms with van der Waals surface area (Å²) in [6.07, 6.45) is 0. The fourth-order valence-corrected chi connectivity index (χ4v) is 7.90. The summed E-state index contributed by atoms with van der Waals surface area (Å²) in [5.41, 5.74) is 0. The van der Waals surface area contributed by atoms with E-state index >= 15 is 0 Å². The van der Waals surface area contributed by atoms with Crippen molar-refractivity contribution in [1.29, 1.82) is 0 Å². The van der Waals surface area contributed by atoms with Crippen molar-refractivity contribution in [3.63, 3.8) is 0 Å². The number of aromatic hydroxyl groups is 5. The van der Waals surface area contributed by atoms with Crippen LogP contribution in [0, 0.1) is 0 Å². The molecule has 0 unspecified atom stereocenters. The molecule has 0 aliphatic carbocycles. The van der Waals surface area contributed by atoms with Gasteiger partial charge in [0, 0.05) is 0 Å². The number of hydrogen-bond acceptors (Lipinski definition) is 7. The third-order valence-electron chi connectivity index (χ3n) is 5.83. The Morgan fingerprint density at radius 3 is 1.00 bits per heavy atom. The molecule has 5 aromatic carbocycles. The van der Waals surface area contributed by atoms with Crippen LogP contribution < -0.4 is 26.5 Å². The van der Waals surface area contributed by atoms with Crippen LogP contribution in [0.1, 0.15) is 0 Å². The lowest BCUT2D eigenvalue weighted by molar-refractivity contribution is 0.474. The van der Waals surface area contributed by atoms with Crippen LogP contribution in [0.4, 0.5) is 0 Å². The van der Waals surface area contributed by atoms with Crippen molar-refractivity contribution in [2.24, 2.45) is 0 Å². The maximum absolute atomic E-state index is 14.0. The molecule has 0 aliphatic rings. The molecule has 5 aromatic rings. The minimum atomic E-state index is -3.64. The highest BCUT2D eigenvalue weighted by Crippen LogP contribution is 2.48. The van der Waals surface area contributed by atoms with Crippen LogP contribution in [-0.4, -0.2) is 25.5 Å². The molecule has 5 N–H and O–H groups in total. The molecule has 0 bridgehead atoms. The Morgan fingerprint density at radius 2 is 0.718 bits per heavy atom. The minimum absolute atomic E-state index is 0.151. The molecule has 0 spiro atoms. The van der Waals surface area contributed by atoms with Gasteiger partial charge in [0.15, 0.2) is 17.8 Å². The molecule has 0 radical (unpaired) electrons. The van der Waals surface area contributed by atoms with Crippen molar-refractivity contribution < 1.29 is 34.7 Å². The largest absolute Gasteiger partial charge is 0.508 e. The second-order valence-corrected chi connectivity index (χ2v) is 12.7. The Hall–Kier alpha value is -4.57. The smallest absolute Gasteiger partial charge is 0.415 e. The third kappa shape index (κ3) is 5.96. The predicted octanol–water partition coefficient (Wildman–Crippen LogP) is 4.32. The van der Waals surface area contributed by atoms with E-state index in [4.69, 9.17) is 10.2 Å². The molecule has 0 atom stereocenters. The van der Waals surface area contributed by atoms with E-state index in [9.17, 15) is 24.4 Å². The first kappa shape index (κ1) is 27.5. The molecule has 0 aliphatic heterocycles. The number of phenols is 5. The van der Waals surface area contributed by atoms with Crippen LogP contribution >= 0.6 is 14.9 Å². The summed E-state index contributed by atoms with van der Waals surface area (Å²) in [5, 5.41) is 50.7. The van der Waals surface area contributed by atoms with Crippen LogP contribution in [0.25, 0.3) is 0 Å².